The Balaban J connectivity index is 2.46. The molecule has 0 bridgehead atoms. The minimum Gasteiger partial charge on any atom is -0.399 e. The van der Waals surface area contributed by atoms with Crippen molar-refractivity contribution in [1.82, 2.24) is 4.72 Å². The topological polar surface area (TPSA) is 72.2 Å². The number of hydrogen-bond donors (Lipinski definition) is 2. The summed E-state index contributed by atoms with van der Waals surface area (Å²) in [6.07, 6.45) is 0.761. The van der Waals surface area contributed by atoms with Gasteiger partial charge in [0, 0.05) is 21.9 Å². The molecular formula is C13H22N2O2S2. The van der Waals surface area contributed by atoms with E-state index in [2.05, 4.69) is 4.72 Å². The third kappa shape index (κ3) is 6.31. The summed E-state index contributed by atoms with van der Waals surface area (Å²) >= 11 is 1.51. The van der Waals surface area contributed by atoms with Gasteiger partial charge in [-0.15, -0.1) is 11.8 Å². The molecule has 3 N–H and O–H groups in total. The van der Waals surface area contributed by atoms with Gasteiger partial charge in [-0.3, -0.25) is 0 Å². The highest BCUT2D eigenvalue weighted by Crippen LogP contribution is 2.19. The molecule has 1 aromatic rings. The molecular weight excluding hydrogens is 280 g/mol. The van der Waals surface area contributed by atoms with Gasteiger partial charge in [-0.2, -0.15) is 0 Å². The van der Waals surface area contributed by atoms with Crippen molar-refractivity contribution in [1.29, 1.82) is 0 Å². The minimum atomic E-state index is -3.23. The minimum absolute atomic E-state index is 0.117. The Morgan fingerprint density at radius 1 is 1.26 bits per heavy atom. The zero-order valence-electron chi connectivity index (χ0n) is 11.6. The lowest BCUT2D eigenvalue weighted by Gasteiger charge is -2.24. The average molecular weight is 302 g/mol. The normalized spacial score (nSPS) is 12.6. The Kier molecular flexibility index (Phi) is 5.70. The second kappa shape index (κ2) is 6.63. The molecule has 0 aliphatic heterocycles. The van der Waals surface area contributed by atoms with Crippen molar-refractivity contribution in [3.63, 3.8) is 0 Å². The van der Waals surface area contributed by atoms with Crippen LogP contribution in [0.3, 0.4) is 0 Å². The first kappa shape index (κ1) is 16.3. The van der Waals surface area contributed by atoms with Gasteiger partial charge < -0.3 is 5.73 Å². The smallest absolute Gasteiger partial charge is 0.212 e. The number of sulfonamides is 1. The van der Waals surface area contributed by atoms with E-state index in [1.807, 2.05) is 45.0 Å². The van der Waals surface area contributed by atoms with Crippen molar-refractivity contribution < 1.29 is 8.42 Å². The van der Waals surface area contributed by atoms with E-state index in [-0.39, 0.29) is 11.3 Å². The molecule has 0 radical (unpaired) electrons. The Morgan fingerprint density at radius 3 is 2.37 bits per heavy atom. The highest BCUT2D eigenvalue weighted by molar-refractivity contribution is 8.00. The fourth-order valence-electron chi connectivity index (χ4n) is 1.38. The van der Waals surface area contributed by atoms with Crippen LogP contribution in [0.2, 0.25) is 0 Å². The van der Waals surface area contributed by atoms with Gasteiger partial charge in [-0.25, -0.2) is 13.1 Å². The van der Waals surface area contributed by atoms with E-state index in [1.54, 1.807) is 0 Å². The fraction of sp³-hybridized carbons (Fsp3) is 0.538. The van der Waals surface area contributed by atoms with E-state index >= 15 is 0 Å². The van der Waals surface area contributed by atoms with Gasteiger partial charge in [-0.1, -0.05) is 6.92 Å². The molecule has 0 spiro atoms. The largest absolute Gasteiger partial charge is 0.399 e. The molecule has 0 saturated carbocycles. The SMILES string of the molecule is CCC(C)(C)NS(=O)(=O)CCSc1ccc(N)cc1. The number of nitrogens with two attached hydrogens (primary N) is 1. The summed E-state index contributed by atoms with van der Waals surface area (Å²) in [6, 6.07) is 7.43. The second-order valence-corrected chi connectivity index (χ2v) is 8.09. The van der Waals surface area contributed by atoms with Crippen LogP contribution >= 0.6 is 11.8 Å². The van der Waals surface area contributed by atoms with Crippen LogP contribution in [-0.2, 0) is 10.0 Å². The van der Waals surface area contributed by atoms with Gasteiger partial charge in [0.1, 0.15) is 0 Å². The summed E-state index contributed by atoms with van der Waals surface area (Å²) in [7, 11) is -3.23. The number of rotatable bonds is 7. The van der Waals surface area contributed by atoms with Crippen molar-refractivity contribution in [2.75, 3.05) is 17.2 Å². The molecule has 0 aromatic heterocycles. The third-order valence-corrected chi connectivity index (χ3v) is 5.69. The molecule has 0 aliphatic carbocycles. The van der Waals surface area contributed by atoms with Gasteiger partial charge in [0.15, 0.2) is 0 Å². The van der Waals surface area contributed by atoms with Crippen LogP contribution in [0.15, 0.2) is 29.2 Å². The summed E-state index contributed by atoms with van der Waals surface area (Å²) < 4.78 is 26.5. The van der Waals surface area contributed by atoms with Crippen molar-refractivity contribution in [2.24, 2.45) is 0 Å². The predicted molar refractivity (Wildman–Crippen MR) is 82.9 cm³/mol. The van der Waals surface area contributed by atoms with E-state index in [9.17, 15) is 8.42 Å². The van der Waals surface area contributed by atoms with Crippen LogP contribution in [-0.4, -0.2) is 25.5 Å². The zero-order chi connectivity index (χ0) is 14.5. The van der Waals surface area contributed by atoms with Gasteiger partial charge >= 0.3 is 0 Å². The first-order valence-electron chi connectivity index (χ1n) is 6.24. The fourth-order valence-corrected chi connectivity index (χ4v) is 4.24. The van der Waals surface area contributed by atoms with Crippen LogP contribution in [0.25, 0.3) is 0 Å². The van der Waals surface area contributed by atoms with Gasteiger partial charge in [0.25, 0.3) is 0 Å². The molecule has 0 fully saturated rings. The Bertz CT molecular complexity index is 496. The molecule has 1 aromatic carbocycles. The van der Waals surface area contributed by atoms with E-state index in [0.29, 0.717) is 11.4 Å². The lowest BCUT2D eigenvalue weighted by molar-refractivity contribution is 0.440. The summed E-state index contributed by atoms with van der Waals surface area (Å²) in [4.78, 5) is 1.03. The number of anilines is 1. The van der Waals surface area contributed by atoms with E-state index < -0.39 is 10.0 Å². The molecule has 19 heavy (non-hydrogen) atoms. The van der Waals surface area contributed by atoms with Crippen LogP contribution in [0.4, 0.5) is 5.69 Å². The molecule has 4 nitrogen and oxygen atoms in total. The maximum Gasteiger partial charge on any atom is 0.212 e. The lowest BCUT2D eigenvalue weighted by atomic mass is 10.0. The van der Waals surface area contributed by atoms with Crippen molar-refractivity contribution in [3.8, 4) is 0 Å². The molecule has 6 heteroatoms. The molecule has 0 heterocycles. The number of thioether (sulfide) groups is 1. The van der Waals surface area contributed by atoms with Crippen LogP contribution < -0.4 is 10.5 Å². The van der Waals surface area contributed by atoms with Gasteiger partial charge in [0.05, 0.1) is 5.75 Å². The molecule has 108 valence electrons. The standard InChI is InChI=1S/C13H22N2O2S2/c1-4-13(2,3)15-19(16,17)10-9-18-12-7-5-11(14)6-8-12/h5-8,15H,4,9-10,14H2,1-3H3. The first-order valence-corrected chi connectivity index (χ1v) is 8.88. The highest BCUT2D eigenvalue weighted by Gasteiger charge is 2.22. The number of nitrogen functional groups attached to an aromatic ring is 1. The van der Waals surface area contributed by atoms with Crippen molar-refractivity contribution in [2.45, 2.75) is 37.6 Å². The maximum atomic E-state index is 11.9. The molecule has 1 rings (SSSR count). The summed E-state index contributed by atoms with van der Waals surface area (Å²) in [6.45, 7) is 5.74. The molecule has 0 saturated heterocycles. The lowest BCUT2D eigenvalue weighted by Crippen LogP contribution is -2.44. The van der Waals surface area contributed by atoms with Crippen LogP contribution in [0, 0.1) is 0 Å². The van der Waals surface area contributed by atoms with E-state index in [1.165, 1.54) is 11.8 Å². The second-order valence-electron chi connectivity index (χ2n) is 5.08. The maximum absolute atomic E-state index is 11.9. The van der Waals surface area contributed by atoms with Crippen LogP contribution in [0.1, 0.15) is 27.2 Å². The molecule has 0 aliphatic rings. The Morgan fingerprint density at radius 2 is 1.84 bits per heavy atom. The first-order chi connectivity index (χ1) is 8.74. The monoisotopic (exact) mass is 302 g/mol. The highest BCUT2D eigenvalue weighted by atomic mass is 32.2. The average Bonchev–Trinajstić information content (AvgIpc) is 2.30. The van der Waals surface area contributed by atoms with E-state index in [4.69, 9.17) is 5.73 Å². The Labute approximate surface area is 120 Å². The summed E-state index contributed by atoms with van der Waals surface area (Å²) in [5.41, 5.74) is 5.92. The Hall–Kier alpha value is -0.720. The van der Waals surface area contributed by atoms with Gasteiger partial charge in [0.2, 0.25) is 10.0 Å². The molecule has 0 unspecified atom stereocenters. The molecule has 0 atom stereocenters. The van der Waals surface area contributed by atoms with E-state index in [0.717, 1.165) is 11.3 Å². The van der Waals surface area contributed by atoms with Crippen LogP contribution in [0.5, 0.6) is 0 Å². The van der Waals surface area contributed by atoms with Gasteiger partial charge in [-0.05, 0) is 44.5 Å². The zero-order valence-corrected chi connectivity index (χ0v) is 13.3. The number of benzene rings is 1. The third-order valence-electron chi connectivity index (χ3n) is 2.82. The molecule has 0 amide bonds. The quantitative estimate of drug-likeness (QED) is 0.599. The summed E-state index contributed by atoms with van der Waals surface area (Å²) in [5.74, 6) is 0.643. The summed E-state index contributed by atoms with van der Waals surface area (Å²) in [5, 5.41) is 0. The predicted octanol–water partition coefficient (Wildman–Crippen LogP) is 2.47. The van der Waals surface area contributed by atoms with Crippen molar-refractivity contribution in [3.05, 3.63) is 24.3 Å². The number of nitrogens with one attached hydrogen (secondary N) is 1. The van der Waals surface area contributed by atoms with Crippen molar-refractivity contribution >= 4 is 27.5 Å². The number of hydrogen-bond acceptors (Lipinski definition) is 4.